The number of H-pyrrole nitrogens is 1. The minimum Gasteiger partial charge on any atom is -0.497 e. The van der Waals surface area contributed by atoms with Crippen LogP contribution in [0, 0.1) is 5.82 Å². The Morgan fingerprint density at radius 3 is 2.75 bits per heavy atom. The van der Waals surface area contributed by atoms with Gasteiger partial charge >= 0.3 is 0 Å². The standard InChI is InChI=1S/C13H10FNO/c1-16-8-6-10(14)13-9-4-2-3-5-11(9)15-12(13)7-8/h2-7,15H,1H3. The average molecular weight is 215 g/mol. The topological polar surface area (TPSA) is 25.0 Å². The van der Waals surface area contributed by atoms with E-state index in [1.165, 1.54) is 13.2 Å². The maximum atomic E-state index is 13.9. The monoisotopic (exact) mass is 215 g/mol. The average Bonchev–Trinajstić information content (AvgIpc) is 2.67. The van der Waals surface area contributed by atoms with Crippen molar-refractivity contribution in [2.24, 2.45) is 0 Å². The van der Waals surface area contributed by atoms with E-state index in [1.807, 2.05) is 24.3 Å². The molecule has 3 aromatic rings. The molecule has 0 amide bonds. The fourth-order valence-electron chi connectivity index (χ4n) is 2.03. The summed E-state index contributed by atoms with van der Waals surface area (Å²) in [6, 6.07) is 10.9. The van der Waals surface area contributed by atoms with Crippen LogP contribution in [-0.2, 0) is 0 Å². The quantitative estimate of drug-likeness (QED) is 0.660. The molecule has 0 bridgehead atoms. The lowest BCUT2D eigenvalue weighted by Crippen LogP contribution is -1.84. The Kier molecular flexibility index (Phi) is 1.86. The highest BCUT2D eigenvalue weighted by Crippen LogP contribution is 2.30. The number of aromatic amines is 1. The van der Waals surface area contributed by atoms with Crippen LogP contribution in [0.2, 0.25) is 0 Å². The minimum absolute atomic E-state index is 0.258. The predicted octanol–water partition coefficient (Wildman–Crippen LogP) is 3.47. The fraction of sp³-hybridized carbons (Fsp3) is 0.0769. The predicted molar refractivity (Wildman–Crippen MR) is 62.3 cm³/mol. The van der Waals surface area contributed by atoms with Gasteiger partial charge in [-0.1, -0.05) is 18.2 Å². The van der Waals surface area contributed by atoms with Crippen LogP contribution < -0.4 is 4.74 Å². The third kappa shape index (κ3) is 1.18. The van der Waals surface area contributed by atoms with Crippen LogP contribution >= 0.6 is 0 Å². The molecule has 1 N–H and O–H groups in total. The number of hydrogen-bond donors (Lipinski definition) is 1. The number of benzene rings is 2. The van der Waals surface area contributed by atoms with Gasteiger partial charge in [0, 0.05) is 28.4 Å². The SMILES string of the molecule is COc1cc(F)c2c(c1)[nH]c1ccccc12. The maximum Gasteiger partial charge on any atom is 0.136 e. The summed E-state index contributed by atoms with van der Waals surface area (Å²) in [7, 11) is 1.53. The Hall–Kier alpha value is -2.03. The molecule has 0 radical (unpaired) electrons. The second-order valence-electron chi connectivity index (χ2n) is 3.70. The van der Waals surface area contributed by atoms with Gasteiger partial charge in [-0.05, 0) is 6.07 Å². The van der Waals surface area contributed by atoms with Crippen LogP contribution in [0.1, 0.15) is 0 Å². The second kappa shape index (κ2) is 3.23. The van der Waals surface area contributed by atoms with Crippen molar-refractivity contribution in [2.45, 2.75) is 0 Å². The summed E-state index contributed by atoms with van der Waals surface area (Å²) in [6.07, 6.45) is 0. The molecular weight excluding hydrogens is 205 g/mol. The Bertz CT molecular complexity index is 672. The van der Waals surface area contributed by atoms with Crippen LogP contribution in [-0.4, -0.2) is 12.1 Å². The van der Waals surface area contributed by atoms with Gasteiger partial charge in [0.2, 0.25) is 0 Å². The van der Waals surface area contributed by atoms with E-state index in [0.717, 1.165) is 16.4 Å². The minimum atomic E-state index is -0.258. The van der Waals surface area contributed by atoms with E-state index in [1.54, 1.807) is 6.07 Å². The number of para-hydroxylation sites is 1. The molecule has 2 aromatic carbocycles. The molecule has 1 aromatic heterocycles. The van der Waals surface area contributed by atoms with E-state index in [-0.39, 0.29) is 5.82 Å². The van der Waals surface area contributed by atoms with Crippen LogP contribution in [0.3, 0.4) is 0 Å². The molecule has 3 heteroatoms. The van der Waals surface area contributed by atoms with Gasteiger partial charge in [0.05, 0.1) is 12.6 Å². The van der Waals surface area contributed by atoms with E-state index >= 15 is 0 Å². The van der Waals surface area contributed by atoms with Crippen LogP contribution in [0.15, 0.2) is 36.4 Å². The highest BCUT2D eigenvalue weighted by atomic mass is 19.1. The highest BCUT2D eigenvalue weighted by molar-refractivity contribution is 6.07. The number of halogens is 1. The first-order chi connectivity index (χ1) is 7.79. The molecule has 0 fully saturated rings. The van der Waals surface area contributed by atoms with Crippen LogP contribution in [0.4, 0.5) is 4.39 Å². The van der Waals surface area contributed by atoms with E-state index in [4.69, 9.17) is 4.74 Å². The molecule has 0 unspecified atom stereocenters. The fourth-order valence-corrected chi connectivity index (χ4v) is 2.03. The van der Waals surface area contributed by atoms with Gasteiger partial charge in [0.1, 0.15) is 11.6 Å². The Morgan fingerprint density at radius 2 is 1.94 bits per heavy atom. The third-order valence-electron chi connectivity index (χ3n) is 2.77. The zero-order chi connectivity index (χ0) is 11.1. The molecule has 16 heavy (non-hydrogen) atoms. The Labute approximate surface area is 91.6 Å². The summed E-state index contributed by atoms with van der Waals surface area (Å²) < 4.78 is 18.9. The second-order valence-corrected chi connectivity index (χ2v) is 3.70. The number of nitrogens with one attached hydrogen (secondary N) is 1. The normalized spacial score (nSPS) is 11.1. The summed E-state index contributed by atoms with van der Waals surface area (Å²) in [4.78, 5) is 3.17. The van der Waals surface area contributed by atoms with E-state index < -0.39 is 0 Å². The molecule has 0 aliphatic heterocycles. The maximum absolute atomic E-state index is 13.9. The van der Waals surface area contributed by atoms with Gasteiger partial charge in [0.25, 0.3) is 0 Å². The van der Waals surface area contributed by atoms with Crippen molar-refractivity contribution in [3.63, 3.8) is 0 Å². The van der Waals surface area contributed by atoms with Gasteiger partial charge in [-0.25, -0.2) is 4.39 Å². The van der Waals surface area contributed by atoms with E-state index in [9.17, 15) is 4.39 Å². The third-order valence-corrected chi connectivity index (χ3v) is 2.77. The molecule has 0 saturated carbocycles. The molecular formula is C13H10FNO. The van der Waals surface area contributed by atoms with Crippen molar-refractivity contribution in [3.05, 3.63) is 42.2 Å². The smallest absolute Gasteiger partial charge is 0.136 e. The van der Waals surface area contributed by atoms with Crippen LogP contribution in [0.5, 0.6) is 5.75 Å². The molecule has 0 atom stereocenters. The summed E-state index contributed by atoms with van der Waals surface area (Å²) >= 11 is 0. The lowest BCUT2D eigenvalue weighted by atomic mass is 10.1. The summed E-state index contributed by atoms with van der Waals surface area (Å²) in [6.45, 7) is 0. The van der Waals surface area contributed by atoms with E-state index in [2.05, 4.69) is 4.98 Å². The van der Waals surface area contributed by atoms with Crippen molar-refractivity contribution in [1.29, 1.82) is 0 Å². The largest absolute Gasteiger partial charge is 0.497 e. The van der Waals surface area contributed by atoms with Gasteiger partial charge in [-0.2, -0.15) is 0 Å². The lowest BCUT2D eigenvalue weighted by Gasteiger charge is -2.00. The zero-order valence-corrected chi connectivity index (χ0v) is 8.75. The molecule has 0 saturated heterocycles. The van der Waals surface area contributed by atoms with E-state index in [0.29, 0.717) is 11.1 Å². The van der Waals surface area contributed by atoms with Gasteiger partial charge in [-0.3, -0.25) is 0 Å². The Balaban J connectivity index is 2.50. The van der Waals surface area contributed by atoms with Crippen molar-refractivity contribution in [1.82, 2.24) is 4.98 Å². The first-order valence-electron chi connectivity index (χ1n) is 5.03. The number of ether oxygens (including phenoxy) is 1. The van der Waals surface area contributed by atoms with Crippen molar-refractivity contribution in [2.75, 3.05) is 7.11 Å². The van der Waals surface area contributed by atoms with Crippen LogP contribution in [0.25, 0.3) is 21.8 Å². The molecule has 80 valence electrons. The van der Waals surface area contributed by atoms with Crippen molar-refractivity contribution >= 4 is 21.8 Å². The van der Waals surface area contributed by atoms with Crippen molar-refractivity contribution in [3.8, 4) is 5.75 Å². The lowest BCUT2D eigenvalue weighted by molar-refractivity contribution is 0.412. The zero-order valence-electron chi connectivity index (χ0n) is 8.75. The number of methoxy groups -OCH3 is 1. The number of rotatable bonds is 1. The first-order valence-corrected chi connectivity index (χ1v) is 5.03. The summed E-state index contributed by atoms with van der Waals surface area (Å²) in [5.74, 6) is 0.267. The summed E-state index contributed by atoms with van der Waals surface area (Å²) in [5, 5.41) is 1.52. The van der Waals surface area contributed by atoms with Gasteiger partial charge in [-0.15, -0.1) is 0 Å². The van der Waals surface area contributed by atoms with Gasteiger partial charge < -0.3 is 9.72 Å². The molecule has 1 heterocycles. The number of fused-ring (bicyclic) bond motifs is 3. The molecule has 2 nitrogen and oxygen atoms in total. The first kappa shape index (κ1) is 9.21. The molecule has 3 rings (SSSR count). The molecule has 0 aliphatic rings. The molecule has 0 aliphatic carbocycles. The molecule has 0 spiro atoms. The Morgan fingerprint density at radius 1 is 1.12 bits per heavy atom. The highest BCUT2D eigenvalue weighted by Gasteiger charge is 2.10. The summed E-state index contributed by atoms with van der Waals surface area (Å²) in [5.41, 5.74) is 1.70. The van der Waals surface area contributed by atoms with Crippen molar-refractivity contribution < 1.29 is 9.13 Å². The van der Waals surface area contributed by atoms with Gasteiger partial charge in [0.15, 0.2) is 0 Å². The number of aromatic nitrogens is 1. The number of hydrogen-bond acceptors (Lipinski definition) is 1.